The highest BCUT2D eigenvalue weighted by molar-refractivity contribution is 6.18. The molecule has 0 fully saturated rings. The quantitative estimate of drug-likeness (QED) is 0.316. The molecule has 1 unspecified atom stereocenters. The lowest BCUT2D eigenvalue weighted by Gasteiger charge is -2.13. The summed E-state index contributed by atoms with van der Waals surface area (Å²) in [4.78, 5) is 10.9. The summed E-state index contributed by atoms with van der Waals surface area (Å²) in [5.41, 5.74) is 4.43. The summed E-state index contributed by atoms with van der Waals surface area (Å²) >= 11 is 5.58. The molecule has 0 aromatic heterocycles. The van der Waals surface area contributed by atoms with E-state index in [1.54, 1.807) is 0 Å². The summed E-state index contributed by atoms with van der Waals surface area (Å²) in [7, 11) is 0. The summed E-state index contributed by atoms with van der Waals surface area (Å²) in [6, 6.07) is 15.3. The van der Waals surface area contributed by atoms with Gasteiger partial charge in [-0.05, 0) is 41.8 Å². The molecule has 0 radical (unpaired) electrons. The van der Waals surface area contributed by atoms with Gasteiger partial charge in [0, 0.05) is 11.4 Å². The van der Waals surface area contributed by atoms with Crippen molar-refractivity contribution in [3.63, 3.8) is 0 Å². The van der Waals surface area contributed by atoms with Gasteiger partial charge in [0.15, 0.2) is 0 Å². The van der Waals surface area contributed by atoms with E-state index in [1.807, 2.05) is 61.5 Å². The summed E-state index contributed by atoms with van der Waals surface area (Å²) < 4.78 is 0. The van der Waals surface area contributed by atoms with E-state index in [0.29, 0.717) is 6.41 Å². The molecule has 1 atom stereocenters. The van der Waals surface area contributed by atoms with E-state index in [-0.39, 0.29) is 5.88 Å². The standard InChI is InChI=1S/C18H19ClN2O2/c1-13-9-16(21-18(23)11-19)8-7-15(13)10-17(20-12-22)14-5-3-2-4-6-14/h2-10,12,18,21,23H,11H2,1H3,(H,20,22)/b17-10-. The van der Waals surface area contributed by atoms with E-state index in [4.69, 9.17) is 11.6 Å². The predicted octanol–water partition coefficient (Wildman–Crippen LogP) is 3.21. The van der Waals surface area contributed by atoms with Crippen molar-refractivity contribution in [2.24, 2.45) is 0 Å². The van der Waals surface area contributed by atoms with Crippen LogP contribution in [-0.4, -0.2) is 23.6 Å². The van der Waals surface area contributed by atoms with Crippen molar-refractivity contribution in [3.05, 3.63) is 65.2 Å². The molecule has 0 heterocycles. The maximum absolute atomic E-state index is 10.9. The number of nitrogens with one attached hydrogen (secondary N) is 2. The maximum atomic E-state index is 10.9. The lowest BCUT2D eigenvalue weighted by molar-refractivity contribution is -0.108. The Hall–Kier alpha value is -2.30. The SMILES string of the molecule is Cc1cc(NC(O)CCl)ccc1/C=C(\NC=O)c1ccccc1. The second kappa shape index (κ2) is 8.36. The van der Waals surface area contributed by atoms with Crippen LogP contribution in [0, 0.1) is 6.92 Å². The highest BCUT2D eigenvalue weighted by Crippen LogP contribution is 2.21. The van der Waals surface area contributed by atoms with Crippen molar-refractivity contribution < 1.29 is 9.90 Å². The third-order valence-electron chi connectivity index (χ3n) is 3.35. The van der Waals surface area contributed by atoms with Gasteiger partial charge in [-0.3, -0.25) is 4.79 Å². The zero-order valence-electron chi connectivity index (χ0n) is 12.8. The van der Waals surface area contributed by atoms with Crippen molar-refractivity contribution in [3.8, 4) is 0 Å². The van der Waals surface area contributed by atoms with Crippen LogP contribution in [0.4, 0.5) is 5.69 Å². The Balaban J connectivity index is 2.30. The Bertz CT molecular complexity index is 687. The molecule has 0 aliphatic carbocycles. The van der Waals surface area contributed by atoms with Crippen LogP contribution in [0.1, 0.15) is 16.7 Å². The second-order valence-electron chi connectivity index (χ2n) is 5.07. The fraction of sp³-hybridized carbons (Fsp3) is 0.167. The summed E-state index contributed by atoms with van der Waals surface area (Å²) in [6.45, 7) is 1.97. The molecule has 1 amide bonds. The van der Waals surface area contributed by atoms with Crippen LogP contribution in [0.15, 0.2) is 48.5 Å². The lowest BCUT2D eigenvalue weighted by Crippen LogP contribution is -2.20. The molecule has 4 nitrogen and oxygen atoms in total. The predicted molar refractivity (Wildman–Crippen MR) is 95.0 cm³/mol. The minimum Gasteiger partial charge on any atom is -0.373 e. The Morgan fingerprint density at radius 1 is 1.26 bits per heavy atom. The monoisotopic (exact) mass is 330 g/mol. The summed E-state index contributed by atoms with van der Waals surface area (Å²) in [5.74, 6) is 0.113. The third kappa shape index (κ3) is 4.84. The number of hydrogen-bond donors (Lipinski definition) is 3. The number of rotatable bonds is 7. The molecule has 3 N–H and O–H groups in total. The van der Waals surface area contributed by atoms with E-state index < -0.39 is 6.23 Å². The Morgan fingerprint density at radius 2 is 2.00 bits per heavy atom. The Kier molecular flexibility index (Phi) is 6.20. The van der Waals surface area contributed by atoms with Crippen LogP contribution >= 0.6 is 11.6 Å². The van der Waals surface area contributed by atoms with Gasteiger partial charge < -0.3 is 15.7 Å². The zero-order valence-corrected chi connectivity index (χ0v) is 13.5. The van der Waals surface area contributed by atoms with Gasteiger partial charge in [-0.15, -0.1) is 11.6 Å². The molecule has 0 bridgehead atoms. The number of aliphatic hydroxyl groups is 1. The minimum atomic E-state index is -0.783. The molecule has 5 heteroatoms. The van der Waals surface area contributed by atoms with E-state index in [9.17, 15) is 9.90 Å². The summed E-state index contributed by atoms with van der Waals surface area (Å²) in [5, 5.41) is 15.2. The van der Waals surface area contributed by atoms with Gasteiger partial charge in [-0.1, -0.05) is 36.4 Å². The first kappa shape index (κ1) is 17.1. The number of hydrogen-bond acceptors (Lipinski definition) is 3. The van der Waals surface area contributed by atoms with Crippen LogP contribution in [0.2, 0.25) is 0 Å². The fourth-order valence-corrected chi connectivity index (χ4v) is 2.28. The molecule has 0 aliphatic heterocycles. The van der Waals surface area contributed by atoms with Gasteiger partial charge in [-0.25, -0.2) is 0 Å². The van der Waals surface area contributed by atoms with Crippen LogP contribution in [0.5, 0.6) is 0 Å². The first-order valence-electron chi connectivity index (χ1n) is 7.22. The topological polar surface area (TPSA) is 61.4 Å². The Labute approximate surface area is 140 Å². The molecular formula is C18H19ClN2O2. The van der Waals surface area contributed by atoms with Crippen LogP contribution in [-0.2, 0) is 4.79 Å². The fourth-order valence-electron chi connectivity index (χ4n) is 2.20. The number of benzene rings is 2. The van der Waals surface area contributed by atoms with E-state index in [1.165, 1.54) is 0 Å². The minimum absolute atomic E-state index is 0.113. The molecule has 23 heavy (non-hydrogen) atoms. The van der Waals surface area contributed by atoms with Crippen molar-refractivity contribution in [1.82, 2.24) is 5.32 Å². The molecule has 0 spiro atoms. The van der Waals surface area contributed by atoms with E-state index in [2.05, 4.69) is 10.6 Å². The van der Waals surface area contributed by atoms with Crippen molar-refractivity contribution in [2.75, 3.05) is 11.2 Å². The number of carbonyl (C=O) groups is 1. The largest absolute Gasteiger partial charge is 0.373 e. The molecule has 0 saturated carbocycles. The van der Waals surface area contributed by atoms with Crippen LogP contribution in [0.3, 0.4) is 0 Å². The highest BCUT2D eigenvalue weighted by Gasteiger charge is 2.05. The van der Waals surface area contributed by atoms with Gasteiger partial charge in [0.25, 0.3) is 0 Å². The molecule has 0 saturated heterocycles. The van der Waals surface area contributed by atoms with E-state index in [0.717, 1.165) is 28.1 Å². The average molecular weight is 331 g/mol. The van der Waals surface area contributed by atoms with Gasteiger partial charge in [0.05, 0.1) is 5.88 Å². The number of aliphatic hydroxyl groups excluding tert-OH is 1. The van der Waals surface area contributed by atoms with Crippen molar-refractivity contribution in [2.45, 2.75) is 13.2 Å². The lowest BCUT2D eigenvalue weighted by atomic mass is 10.0. The maximum Gasteiger partial charge on any atom is 0.211 e. The normalized spacial score (nSPS) is 12.6. The number of carbonyl (C=O) groups excluding carboxylic acids is 1. The second-order valence-corrected chi connectivity index (χ2v) is 5.38. The van der Waals surface area contributed by atoms with Gasteiger partial charge >= 0.3 is 0 Å². The molecule has 0 aliphatic rings. The first-order chi connectivity index (χ1) is 11.1. The summed E-state index contributed by atoms with van der Waals surface area (Å²) in [6.07, 6.45) is 1.80. The van der Waals surface area contributed by atoms with Gasteiger partial charge in [-0.2, -0.15) is 0 Å². The van der Waals surface area contributed by atoms with E-state index >= 15 is 0 Å². The van der Waals surface area contributed by atoms with Crippen molar-refractivity contribution in [1.29, 1.82) is 0 Å². The first-order valence-corrected chi connectivity index (χ1v) is 7.76. The molecule has 120 valence electrons. The van der Waals surface area contributed by atoms with Crippen LogP contribution in [0.25, 0.3) is 11.8 Å². The van der Waals surface area contributed by atoms with Crippen LogP contribution < -0.4 is 10.6 Å². The number of alkyl halides is 1. The number of anilines is 1. The average Bonchev–Trinajstić information content (AvgIpc) is 2.57. The molecular weight excluding hydrogens is 312 g/mol. The Morgan fingerprint density at radius 3 is 2.61 bits per heavy atom. The van der Waals surface area contributed by atoms with Crippen molar-refractivity contribution >= 4 is 35.5 Å². The molecule has 2 aromatic carbocycles. The number of aryl methyl sites for hydroxylation is 1. The smallest absolute Gasteiger partial charge is 0.211 e. The molecule has 2 aromatic rings. The molecule has 2 rings (SSSR count). The highest BCUT2D eigenvalue weighted by atomic mass is 35.5. The third-order valence-corrected chi connectivity index (χ3v) is 3.64. The number of amides is 1. The number of halogens is 1. The van der Waals surface area contributed by atoms with Gasteiger partial charge in [0.2, 0.25) is 6.41 Å². The zero-order chi connectivity index (χ0) is 16.7. The van der Waals surface area contributed by atoms with Gasteiger partial charge in [0.1, 0.15) is 6.23 Å².